The number of nitro groups is 1. The van der Waals surface area contributed by atoms with Gasteiger partial charge in [-0.1, -0.05) is 17.7 Å². The molecule has 0 aliphatic rings. The molecular formula is C15H14ClN3O3. The molecule has 1 N–H and O–H groups in total. The first-order valence-corrected chi connectivity index (χ1v) is 7.03. The van der Waals surface area contributed by atoms with Gasteiger partial charge >= 0.3 is 5.88 Å². The summed E-state index contributed by atoms with van der Waals surface area (Å²) in [5.41, 5.74) is 1.82. The van der Waals surface area contributed by atoms with Crippen LogP contribution in [0.25, 0.3) is 10.9 Å². The predicted octanol–water partition coefficient (Wildman–Crippen LogP) is 3.97. The molecule has 0 saturated heterocycles. The van der Waals surface area contributed by atoms with Crippen LogP contribution in [0.5, 0.6) is 0 Å². The summed E-state index contributed by atoms with van der Waals surface area (Å²) in [6, 6.07) is 8.33. The Hall–Kier alpha value is -2.31. The highest BCUT2D eigenvalue weighted by Crippen LogP contribution is 2.37. The Labute approximate surface area is 131 Å². The lowest BCUT2D eigenvalue weighted by atomic mass is 10.0. The van der Waals surface area contributed by atoms with Crippen LogP contribution < -0.4 is 0 Å². The second-order valence-electron chi connectivity index (χ2n) is 5.21. The van der Waals surface area contributed by atoms with E-state index < -0.39 is 4.92 Å². The van der Waals surface area contributed by atoms with E-state index >= 15 is 0 Å². The topological polar surface area (TPSA) is 75.3 Å². The number of aromatic nitrogens is 1. The number of aromatic amines is 1. The number of rotatable bonds is 4. The lowest BCUT2D eigenvalue weighted by Crippen LogP contribution is -2.20. The van der Waals surface area contributed by atoms with Gasteiger partial charge in [0.25, 0.3) is 0 Å². The molecule has 1 atom stereocenters. The molecule has 0 bridgehead atoms. The normalized spacial score (nSPS) is 12.9. The molecule has 0 fully saturated rings. The van der Waals surface area contributed by atoms with Crippen LogP contribution in [0.4, 0.5) is 5.88 Å². The monoisotopic (exact) mass is 319 g/mol. The van der Waals surface area contributed by atoms with Crippen molar-refractivity contribution in [2.24, 2.45) is 0 Å². The Morgan fingerprint density at radius 2 is 2.09 bits per heavy atom. The summed E-state index contributed by atoms with van der Waals surface area (Å²) < 4.78 is 5.38. The number of H-pyrrole nitrogens is 1. The van der Waals surface area contributed by atoms with Gasteiger partial charge in [0.2, 0.25) is 0 Å². The molecule has 7 heteroatoms. The second-order valence-corrected chi connectivity index (χ2v) is 5.61. The molecule has 2 aromatic heterocycles. The first-order chi connectivity index (χ1) is 10.5. The summed E-state index contributed by atoms with van der Waals surface area (Å²) in [7, 11) is 3.77. The third kappa shape index (κ3) is 2.36. The van der Waals surface area contributed by atoms with Crippen molar-refractivity contribution in [2.45, 2.75) is 6.04 Å². The number of nitrogens with one attached hydrogen (secondary N) is 1. The maximum absolute atomic E-state index is 10.8. The quantitative estimate of drug-likeness (QED) is 0.583. The van der Waals surface area contributed by atoms with Crippen molar-refractivity contribution in [3.63, 3.8) is 0 Å². The van der Waals surface area contributed by atoms with Crippen molar-refractivity contribution >= 4 is 28.4 Å². The maximum Gasteiger partial charge on any atom is 0.433 e. The largest absolute Gasteiger partial charge is 0.433 e. The van der Waals surface area contributed by atoms with Gasteiger partial charge in [-0.05, 0) is 32.3 Å². The van der Waals surface area contributed by atoms with E-state index in [1.54, 1.807) is 6.07 Å². The summed E-state index contributed by atoms with van der Waals surface area (Å²) in [4.78, 5) is 15.4. The van der Waals surface area contributed by atoms with Gasteiger partial charge in [0.15, 0.2) is 0 Å². The fourth-order valence-corrected chi connectivity index (χ4v) is 2.94. The molecule has 114 valence electrons. The molecule has 2 heterocycles. The van der Waals surface area contributed by atoms with E-state index in [4.69, 9.17) is 16.0 Å². The number of fused-ring (bicyclic) bond motifs is 1. The van der Waals surface area contributed by atoms with Crippen molar-refractivity contribution in [3.8, 4) is 0 Å². The van der Waals surface area contributed by atoms with Gasteiger partial charge in [-0.2, -0.15) is 0 Å². The molecule has 3 aromatic rings. The van der Waals surface area contributed by atoms with Crippen LogP contribution in [0.2, 0.25) is 5.02 Å². The third-order valence-corrected chi connectivity index (χ3v) is 3.87. The first kappa shape index (κ1) is 14.6. The summed E-state index contributed by atoms with van der Waals surface area (Å²) in [6.07, 6.45) is 1.86. The SMILES string of the molecule is CN(C)C(c1ccc([N+](=O)[O-])o1)c1c[nH]c2cccc(Cl)c12. The number of furan rings is 1. The lowest BCUT2D eigenvalue weighted by molar-refractivity contribution is -0.402. The summed E-state index contributed by atoms with van der Waals surface area (Å²) in [5, 5.41) is 12.3. The van der Waals surface area contributed by atoms with E-state index in [1.165, 1.54) is 6.07 Å². The van der Waals surface area contributed by atoms with Gasteiger partial charge < -0.3 is 9.40 Å². The number of nitrogens with zero attached hydrogens (tertiary/aromatic N) is 2. The van der Waals surface area contributed by atoms with Gasteiger partial charge in [0, 0.05) is 22.7 Å². The number of halogens is 1. The number of hydrogen-bond donors (Lipinski definition) is 1. The maximum atomic E-state index is 10.8. The average Bonchev–Trinajstić information content (AvgIpc) is 3.07. The van der Waals surface area contributed by atoms with Crippen molar-refractivity contribution in [2.75, 3.05) is 14.1 Å². The molecule has 0 radical (unpaired) electrons. The molecule has 22 heavy (non-hydrogen) atoms. The highest BCUT2D eigenvalue weighted by molar-refractivity contribution is 6.35. The van der Waals surface area contributed by atoms with Crippen LogP contribution in [-0.2, 0) is 0 Å². The molecule has 1 unspecified atom stereocenters. The van der Waals surface area contributed by atoms with Crippen molar-refractivity contribution < 1.29 is 9.34 Å². The Morgan fingerprint density at radius 1 is 1.32 bits per heavy atom. The lowest BCUT2D eigenvalue weighted by Gasteiger charge is -2.22. The molecule has 0 saturated carbocycles. The van der Waals surface area contributed by atoms with Crippen LogP contribution in [0, 0.1) is 10.1 Å². The van der Waals surface area contributed by atoms with E-state index in [0.29, 0.717) is 10.8 Å². The Kier molecular flexibility index (Phi) is 3.64. The number of benzene rings is 1. The molecule has 6 nitrogen and oxygen atoms in total. The zero-order chi connectivity index (χ0) is 15.9. The summed E-state index contributed by atoms with van der Waals surface area (Å²) in [6.45, 7) is 0. The Morgan fingerprint density at radius 3 is 2.73 bits per heavy atom. The minimum absolute atomic E-state index is 0.271. The van der Waals surface area contributed by atoms with E-state index in [9.17, 15) is 10.1 Å². The zero-order valence-corrected chi connectivity index (χ0v) is 12.8. The molecule has 0 aliphatic heterocycles. The van der Waals surface area contributed by atoms with Crippen molar-refractivity contribution in [1.29, 1.82) is 0 Å². The number of hydrogen-bond acceptors (Lipinski definition) is 4. The minimum atomic E-state index is -0.543. The molecule has 0 spiro atoms. The van der Waals surface area contributed by atoms with Gasteiger partial charge in [0.05, 0.1) is 17.1 Å². The predicted molar refractivity (Wildman–Crippen MR) is 84.2 cm³/mol. The standard InChI is InChI=1S/C15H14ClN3O3/c1-18(2)15(12-6-7-13(22-12)19(20)21)9-8-17-11-5-3-4-10(16)14(9)11/h3-8,15,17H,1-2H3. The van der Waals surface area contributed by atoms with E-state index in [2.05, 4.69) is 4.98 Å². The van der Waals surface area contributed by atoms with Crippen LogP contribution in [-0.4, -0.2) is 28.9 Å². The molecule has 0 aliphatic carbocycles. The fourth-order valence-electron chi connectivity index (χ4n) is 2.65. The molecule has 1 aromatic carbocycles. The van der Waals surface area contributed by atoms with Gasteiger partial charge in [-0.15, -0.1) is 0 Å². The smallest absolute Gasteiger partial charge is 0.404 e. The van der Waals surface area contributed by atoms with Crippen LogP contribution in [0.3, 0.4) is 0 Å². The fraction of sp³-hybridized carbons (Fsp3) is 0.200. The summed E-state index contributed by atoms with van der Waals surface area (Å²) >= 11 is 6.32. The average molecular weight is 320 g/mol. The van der Waals surface area contributed by atoms with Crippen molar-refractivity contribution in [1.82, 2.24) is 9.88 Å². The first-order valence-electron chi connectivity index (χ1n) is 6.65. The third-order valence-electron chi connectivity index (χ3n) is 3.56. The van der Waals surface area contributed by atoms with Gasteiger partial charge in [-0.25, -0.2) is 0 Å². The highest BCUT2D eigenvalue weighted by atomic mass is 35.5. The van der Waals surface area contributed by atoms with Crippen LogP contribution in [0.1, 0.15) is 17.4 Å². The highest BCUT2D eigenvalue weighted by Gasteiger charge is 2.26. The molecular weight excluding hydrogens is 306 g/mol. The molecule has 3 rings (SSSR count). The summed E-state index contributed by atoms with van der Waals surface area (Å²) in [5.74, 6) is 0.227. The van der Waals surface area contributed by atoms with E-state index in [1.807, 2.05) is 43.4 Å². The zero-order valence-electron chi connectivity index (χ0n) is 12.0. The van der Waals surface area contributed by atoms with Crippen molar-refractivity contribution in [3.05, 3.63) is 63.0 Å². The minimum Gasteiger partial charge on any atom is -0.404 e. The second kappa shape index (κ2) is 5.47. The van der Waals surface area contributed by atoms with Crippen LogP contribution in [0.15, 0.2) is 40.9 Å². The van der Waals surface area contributed by atoms with Gasteiger partial charge in [0.1, 0.15) is 10.7 Å². The Balaban J connectivity index is 2.16. The molecule has 0 amide bonds. The Bertz CT molecular complexity index is 838. The van der Waals surface area contributed by atoms with E-state index in [0.717, 1.165) is 16.5 Å². The van der Waals surface area contributed by atoms with Gasteiger partial charge in [-0.3, -0.25) is 15.0 Å². The van der Waals surface area contributed by atoms with Crippen LogP contribution >= 0.6 is 11.6 Å². The van der Waals surface area contributed by atoms with E-state index in [-0.39, 0.29) is 11.9 Å².